The van der Waals surface area contributed by atoms with Crippen LogP contribution in [0.1, 0.15) is 12.7 Å². The Balaban J connectivity index is 2.28. The molecule has 104 valence electrons. The lowest BCUT2D eigenvalue weighted by Gasteiger charge is -2.07. The summed E-state index contributed by atoms with van der Waals surface area (Å²) in [4.78, 5) is 18.3. The maximum atomic E-state index is 10.7. The van der Waals surface area contributed by atoms with Gasteiger partial charge in [-0.15, -0.1) is 0 Å². The summed E-state index contributed by atoms with van der Waals surface area (Å²) < 4.78 is 5.48. The van der Waals surface area contributed by atoms with Crippen LogP contribution in [0.25, 0.3) is 0 Å². The highest BCUT2D eigenvalue weighted by Gasteiger charge is 2.13. The summed E-state index contributed by atoms with van der Waals surface area (Å²) in [7, 11) is 0. The molecule has 1 heterocycles. The van der Waals surface area contributed by atoms with E-state index < -0.39 is 4.92 Å². The van der Waals surface area contributed by atoms with Gasteiger partial charge in [0.05, 0.1) is 4.92 Å². The minimum absolute atomic E-state index is 0.00903. The average molecular weight is 295 g/mol. The van der Waals surface area contributed by atoms with Crippen molar-refractivity contribution >= 4 is 23.1 Å². The lowest BCUT2D eigenvalue weighted by Crippen LogP contribution is -2.00. The number of halogens is 1. The average Bonchev–Trinajstić information content (AvgIpc) is 2.37. The fourth-order valence-corrected chi connectivity index (χ4v) is 1.76. The normalized spacial score (nSPS) is 10.3. The molecule has 1 aromatic carbocycles. The highest BCUT2D eigenvalue weighted by molar-refractivity contribution is 6.32. The molecule has 2 aromatic rings. The SMILES string of the molecule is CCc1nc(N)cc(Oc2ccc([N+](=O)[O-])c(Cl)c2)n1. The van der Waals surface area contributed by atoms with Gasteiger partial charge in [-0.05, 0) is 6.07 Å². The molecule has 8 heteroatoms. The van der Waals surface area contributed by atoms with E-state index in [2.05, 4.69) is 9.97 Å². The first-order valence-electron chi connectivity index (χ1n) is 5.75. The van der Waals surface area contributed by atoms with E-state index in [0.29, 0.717) is 23.8 Å². The first kappa shape index (κ1) is 14.0. The zero-order chi connectivity index (χ0) is 14.7. The van der Waals surface area contributed by atoms with E-state index >= 15 is 0 Å². The number of nitro benzene ring substituents is 1. The third-order valence-corrected chi connectivity index (χ3v) is 2.73. The van der Waals surface area contributed by atoms with Gasteiger partial charge < -0.3 is 10.5 Å². The zero-order valence-corrected chi connectivity index (χ0v) is 11.3. The Hall–Kier alpha value is -2.41. The minimum Gasteiger partial charge on any atom is -0.439 e. The van der Waals surface area contributed by atoms with Gasteiger partial charge in [0.15, 0.2) is 0 Å². The predicted octanol–water partition coefficient (Wildman–Crippen LogP) is 2.98. The van der Waals surface area contributed by atoms with Crippen molar-refractivity contribution in [1.29, 1.82) is 0 Å². The molecule has 0 spiro atoms. The Morgan fingerprint density at radius 1 is 1.40 bits per heavy atom. The number of nitrogens with zero attached hydrogens (tertiary/aromatic N) is 3. The molecule has 0 unspecified atom stereocenters. The molecule has 2 N–H and O–H groups in total. The smallest absolute Gasteiger partial charge is 0.288 e. The summed E-state index contributed by atoms with van der Waals surface area (Å²) in [6.45, 7) is 1.89. The summed E-state index contributed by atoms with van der Waals surface area (Å²) in [5.74, 6) is 1.44. The first-order chi connectivity index (χ1) is 9.49. The van der Waals surface area contributed by atoms with Crippen molar-refractivity contribution in [2.24, 2.45) is 0 Å². The quantitative estimate of drug-likeness (QED) is 0.686. The Bertz CT molecular complexity index is 663. The second-order valence-electron chi connectivity index (χ2n) is 3.87. The summed E-state index contributed by atoms with van der Waals surface area (Å²) in [5, 5.41) is 10.7. The fourth-order valence-electron chi connectivity index (χ4n) is 1.52. The molecule has 0 amide bonds. The van der Waals surface area contributed by atoms with E-state index in [4.69, 9.17) is 22.1 Å². The molecule has 0 bridgehead atoms. The van der Waals surface area contributed by atoms with E-state index in [1.54, 1.807) is 0 Å². The van der Waals surface area contributed by atoms with E-state index in [0.717, 1.165) is 0 Å². The number of nitrogens with two attached hydrogens (primary N) is 1. The number of anilines is 1. The molecule has 0 aliphatic heterocycles. The van der Waals surface area contributed by atoms with Crippen molar-refractivity contribution in [3.63, 3.8) is 0 Å². The van der Waals surface area contributed by atoms with Crippen LogP contribution in [-0.4, -0.2) is 14.9 Å². The van der Waals surface area contributed by atoms with Crippen LogP contribution in [0.15, 0.2) is 24.3 Å². The Labute approximate surface area is 119 Å². The van der Waals surface area contributed by atoms with E-state index in [-0.39, 0.29) is 16.6 Å². The van der Waals surface area contributed by atoms with Crippen LogP contribution < -0.4 is 10.5 Å². The predicted molar refractivity (Wildman–Crippen MR) is 74.0 cm³/mol. The first-order valence-corrected chi connectivity index (χ1v) is 6.12. The molecule has 7 nitrogen and oxygen atoms in total. The van der Waals surface area contributed by atoms with Gasteiger partial charge in [0.2, 0.25) is 5.88 Å². The number of hydrogen-bond acceptors (Lipinski definition) is 6. The van der Waals surface area contributed by atoms with Crippen LogP contribution in [0.3, 0.4) is 0 Å². The summed E-state index contributed by atoms with van der Waals surface area (Å²) in [6.07, 6.45) is 0.614. The number of aromatic nitrogens is 2. The van der Waals surface area contributed by atoms with Crippen molar-refractivity contribution in [2.45, 2.75) is 13.3 Å². The van der Waals surface area contributed by atoms with Crippen LogP contribution in [0.2, 0.25) is 5.02 Å². The van der Waals surface area contributed by atoms with Crippen LogP contribution in [0, 0.1) is 10.1 Å². The standard InChI is InChI=1S/C12H11ClN4O3/c1-2-11-15-10(14)6-12(16-11)20-7-3-4-9(17(18)19)8(13)5-7/h3-6H,2H2,1H3,(H2,14,15,16). The van der Waals surface area contributed by atoms with Gasteiger partial charge in [-0.1, -0.05) is 18.5 Å². The van der Waals surface area contributed by atoms with Gasteiger partial charge in [-0.3, -0.25) is 10.1 Å². The number of rotatable bonds is 4. The summed E-state index contributed by atoms with van der Waals surface area (Å²) >= 11 is 5.80. The molecule has 2 rings (SSSR count). The van der Waals surface area contributed by atoms with Crippen LogP contribution in [0.5, 0.6) is 11.6 Å². The van der Waals surface area contributed by atoms with Gasteiger partial charge >= 0.3 is 0 Å². The molecule has 0 aliphatic rings. The zero-order valence-electron chi connectivity index (χ0n) is 10.5. The van der Waals surface area contributed by atoms with Gasteiger partial charge in [-0.2, -0.15) is 4.98 Å². The molecule has 0 saturated heterocycles. The Morgan fingerprint density at radius 2 is 2.15 bits per heavy atom. The minimum atomic E-state index is -0.565. The molecule has 0 atom stereocenters. The molecule has 1 aromatic heterocycles. The lowest BCUT2D eigenvalue weighted by atomic mass is 10.3. The molecule has 0 saturated carbocycles. The molecule has 0 aliphatic carbocycles. The fraction of sp³-hybridized carbons (Fsp3) is 0.167. The highest BCUT2D eigenvalue weighted by Crippen LogP contribution is 2.30. The number of ether oxygens (including phenoxy) is 1. The van der Waals surface area contributed by atoms with E-state index in [9.17, 15) is 10.1 Å². The molecular formula is C12H11ClN4O3. The highest BCUT2D eigenvalue weighted by atomic mass is 35.5. The number of nitrogen functional groups attached to an aromatic ring is 1. The molecule has 20 heavy (non-hydrogen) atoms. The third kappa shape index (κ3) is 3.12. The van der Waals surface area contributed by atoms with Gasteiger partial charge in [0.1, 0.15) is 22.4 Å². The maximum absolute atomic E-state index is 10.7. The second-order valence-corrected chi connectivity index (χ2v) is 4.28. The number of aryl methyl sites for hydroxylation is 1. The largest absolute Gasteiger partial charge is 0.439 e. The van der Waals surface area contributed by atoms with Gasteiger partial charge in [-0.25, -0.2) is 4.98 Å². The lowest BCUT2D eigenvalue weighted by molar-refractivity contribution is -0.384. The Kier molecular flexibility index (Phi) is 3.99. The van der Waals surface area contributed by atoms with E-state index in [1.165, 1.54) is 24.3 Å². The van der Waals surface area contributed by atoms with Gasteiger partial charge in [0.25, 0.3) is 5.69 Å². The number of hydrogen-bond donors (Lipinski definition) is 1. The van der Waals surface area contributed by atoms with Crippen molar-refractivity contribution in [3.05, 3.63) is 45.2 Å². The van der Waals surface area contributed by atoms with Crippen molar-refractivity contribution in [3.8, 4) is 11.6 Å². The van der Waals surface area contributed by atoms with Crippen LogP contribution >= 0.6 is 11.6 Å². The Morgan fingerprint density at radius 3 is 2.75 bits per heavy atom. The van der Waals surface area contributed by atoms with Crippen LogP contribution in [0.4, 0.5) is 11.5 Å². The van der Waals surface area contributed by atoms with Crippen molar-refractivity contribution in [1.82, 2.24) is 9.97 Å². The monoisotopic (exact) mass is 294 g/mol. The number of nitro groups is 1. The second kappa shape index (κ2) is 5.70. The molecule has 0 radical (unpaired) electrons. The molecule has 0 fully saturated rings. The van der Waals surface area contributed by atoms with E-state index in [1.807, 2.05) is 6.92 Å². The molecular weight excluding hydrogens is 284 g/mol. The van der Waals surface area contributed by atoms with Crippen LogP contribution in [-0.2, 0) is 6.42 Å². The number of benzene rings is 1. The summed E-state index contributed by atoms with van der Waals surface area (Å²) in [6, 6.07) is 5.52. The van der Waals surface area contributed by atoms with Gasteiger partial charge in [0, 0.05) is 24.6 Å². The summed E-state index contributed by atoms with van der Waals surface area (Å²) in [5.41, 5.74) is 5.45. The van der Waals surface area contributed by atoms with Crippen molar-refractivity contribution < 1.29 is 9.66 Å². The maximum Gasteiger partial charge on any atom is 0.288 e. The topological polar surface area (TPSA) is 104 Å². The third-order valence-electron chi connectivity index (χ3n) is 2.42. The van der Waals surface area contributed by atoms with Crippen molar-refractivity contribution in [2.75, 3.05) is 5.73 Å².